The van der Waals surface area contributed by atoms with E-state index in [9.17, 15) is 4.79 Å². The van der Waals surface area contributed by atoms with Crippen molar-refractivity contribution in [3.05, 3.63) is 53.1 Å². The summed E-state index contributed by atoms with van der Waals surface area (Å²) < 4.78 is 15.9. The average Bonchev–Trinajstić information content (AvgIpc) is 2.59. The van der Waals surface area contributed by atoms with Crippen LogP contribution in [0.3, 0.4) is 0 Å². The molecular weight excluding hydrogens is 318 g/mol. The Morgan fingerprint density at radius 3 is 2.48 bits per heavy atom. The Hall–Kier alpha value is -2.40. The molecule has 0 saturated carbocycles. The molecule has 0 aliphatic rings. The maximum absolute atomic E-state index is 12.2. The molecule has 0 radical (unpaired) electrons. The second-order valence-corrected chi connectivity index (χ2v) is 5.04. The highest BCUT2D eigenvalue weighted by atomic mass is 35.5. The Morgan fingerprint density at radius 2 is 1.83 bits per heavy atom. The van der Waals surface area contributed by atoms with Gasteiger partial charge in [0.25, 0.3) is 5.91 Å². The van der Waals surface area contributed by atoms with Gasteiger partial charge in [0.05, 0.1) is 26.3 Å². The predicted molar refractivity (Wildman–Crippen MR) is 88.8 cm³/mol. The third-order valence-corrected chi connectivity index (χ3v) is 3.37. The van der Waals surface area contributed by atoms with Crippen LogP contribution in [0.2, 0.25) is 5.02 Å². The molecule has 1 N–H and O–H groups in total. The van der Waals surface area contributed by atoms with Gasteiger partial charge in [-0.1, -0.05) is 17.7 Å². The minimum atomic E-state index is -0.250. The Labute approximate surface area is 140 Å². The summed E-state index contributed by atoms with van der Waals surface area (Å²) in [5, 5.41) is 3.43. The predicted octanol–water partition coefficient (Wildman–Crippen LogP) is 3.17. The van der Waals surface area contributed by atoms with E-state index in [1.54, 1.807) is 42.5 Å². The monoisotopic (exact) mass is 335 g/mol. The Balaban J connectivity index is 1.89. The number of hydrogen-bond acceptors (Lipinski definition) is 4. The van der Waals surface area contributed by atoms with Crippen molar-refractivity contribution in [3.63, 3.8) is 0 Å². The number of rotatable bonds is 7. The molecule has 0 bridgehead atoms. The van der Waals surface area contributed by atoms with E-state index in [1.165, 1.54) is 14.2 Å². The van der Waals surface area contributed by atoms with Crippen molar-refractivity contribution in [2.45, 2.75) is 0 Å². The van der Waals surface area contributed by atoms with Gasteiger partial charge in [0.1, 0.15) is 12.4 Å². The second-order valence-electron chi connectivity index (χ2n) is 4.60. The molecule has 0 atom stereocenters. The first-order chi connectivity index (χ1) is 11.2. The van der Waals surface area contributed by atoms with E-state index in [2.05, 4.69) is 5.32 Å². The number of methoxy groups -OCH3 is 2. The molecule has 0 heterocycles. The molecule has 0 unspecified atom stereocenters. The van der Waals surface area contributed by atoms with Crippen molar-refractivity contribution in [3.8, 4) is 17.2 Å². The van der Waals surface area contributed by atoms with Crippen LogP contribution in [-0.2, 0) is 0 Å². The summed E-state index contributed by atoms with van der Waals surface area (Å²) >= 11 is 5.80. The first-order valence-corrected chi connectivity index (χ1v) is 7.41. The van der Waals surface area contributed by atoms with Crippen LogP contribution in [0.25, 0.3) is 0 Å². The number of halogens is 1. The minimum absolute atomic E-state index is 0.250. The Kier molecular flexibility index (Phi) is 6.11. The van der Waals surface area contributed by atoms with Crippen LogP contribution < -0.4 is 19.5 Å². The molecule has 0 fully saturated rings. The van der Waals surface area contributed by atoms with Crippen molar-refractivity contribution in [2.75, 3.05) is 27.4 Å². The SMILES string of the molecule is COc1cccc(C(=O)NCCOc2ccc(Cl)cc2)c1OC. The number of amides is 1. The number of hydrogen-bond donors (Lipinski definition) is 1. The molecule has 0 aromatic heterocycles. The number of benzene rings is 2. The molecule has 1 amide bonds. The zero-order valence-corrected chi connectivity index (χ0v) is 13.7. The first-order valence-electron chi connectivity index (χ1n) is 7.03. The van der Waals surface area contributed by atoms with Crippen molar-refractivity contribution >= 4 is 17.5 Å². The third-order valence-electron chi connectivity index (χ3n) is 3.12. The Morgan fingerprint density at radius 1 is 1.09 bits per heavy atom. The molecule has 5 nitrogen and oxygen atoms in total. The highest BCUT2D eigenvalue weighted by Crippen LogP contribution is 2.30. The smallest absolute Gasteiger partial charge is 0.255 e. The lowest BCUT2D eigenvalue weighted by atomic mass is 10.1. The van der Waals surface area contributed by atoms with Crippen LogP contribution >= 0.6 is 11.6 Å². The summed E-state index contributed by atoms with van der Waals surface area (Å²) in [5.74, 6) is 1.37. The summed E-state index contributed by atoms with van der Waals surface area (Å²) in [6, 6.07) is 12.2. The summed E-state index contributed by atoms with van der Waals surface area (Å²) in [6.45, 7) is 0.710. The van der Waals surface area contributed by atoms with E-state index in [-0.39, 0.29) is 5.91 Å². The lowest BCUT2D eigenvalue weighted by molar-refractivity contribution is 0.0943. The summed E-state index contributed by atoms with van der Waals surface area (Å²) in [6.07, 6.45) is 0. The van der Waals surface area contributed by atoms with Gasteiger partial charge in [-0.3, -0.25) is 4.79 Å². The molecular formula is C17H18ClNO4. The van der Waals surface area contributed by atoms with E-state index in [1.807, 2.05) is 0 Å². The van der Waals surface area contributed by atoms with Crippen molar-refractivity contribution in [1.29, 1.82) is 0 Å². The average molecular weight is 336 g/mol. The standard InChI is InChI=1S/C17H18ClNO4/c1-21-15-5-3-4-14(16(15)22-2)17(20)19-10-11-23-13-8-6-12(18)7-9-13/h3-9H,10-11H2,1-2H3,(H,19,20). The maximum Gasteiger partial charge on any atom is 0.255 e. The summed E-state index contributed by atoms with van der Waals surface area (Å²) in [7, 11) is 3.03. The summed E-state index contributed by atoms with van der Waals surface area (Å²) in [4.78, 5) is 12.2. The molecule has 2 aromatic carbocycles. The van der Waals surface area contributed by atoms with Gasteiger partial charge in [-0.15, -0.1) is 0 Å². The van der Waals surface area contributed by atoms with Crippen LogP contribution in [0.1, 0.15) is 10.4 Å². The first kappa shape index (κ1) is 17.0. The minimum Gasteiger partial charge on any atom is -0.493 e. The van der Waals surface area contributed by atoms with Crippen LogP contribution in [0.15, 0.2) is 42.5 Å². The fourth-order valence-corrected chi connectivity index (χ4v) is 2.15. The molecule has 0 aliphatic carbocycles. The number of carbonyl (C=O) groups is 1. The van der Waals surface area contributed by atoms with E-state index >= 15 is 0 Å². The van der Waals surface area contributed by atoms with E-state index in [0.717, 1.165) is 0 Å². The number of ether oxygens (including phenoxy) is 3. The van der Waals surface area contributed by atoms with E-state index in [4.69, 9.17) is 25.8 Å². The topological polar surface area (TPSA) is 56.8 Å². The van der Waals surface area contributed by atoms with Gasteiger partial charge < -0.3 is 19.5 Å². The molecule has 122 valence electrons. The lowest BCUT2D eigenvalue weighted by Crippen LogP contribution is -2.28. The fourth-order valence-electron chi connectivity index (χ4n) is 2.03. The van der Waals surface area contributed by atoms with Crippen LogP contribution in [0, 0.1) is 0 Å². The zero-order chi connectivity index (χ0) is 16.7. The van der Waals surface area contributed by atoms with Gasteiger partial charge in [0, 0.05) is 5.02 Å². The lowest BCUT2D eigenvalue weighted by Gasteiger charge is -2.13. The van der Waals surface area contributed by atoms with E-state index < -0.39 is 0 Å². The maximum atomic E-state index is 12.2. The van der Waals surface area contributed by atoms with Gasteiger partial charge in [0.15, 0.2) is 11.5 Å². The molecule has 23 heavy (non-hydrogen) atoms. The number of nitrogens with one attached hydrogen (secondary N) is 1. The highest BCUT2D eigenvalue weighted by molar-refractivity contribution is 6.30. The molecule has 0 aliphatic heterocycles. The van der Waals surface area contributed by atoms with Crippen LogP contribution in [-0.4, -0.2) is 33.3 Å². The third kappa shape index (κ3) is 4.53. The molecule has 2 rings (SSSR count). The zero-order valence-electron chi connectivity index (χ0n) is 13.0. The second kappa shape index (κ2) is 8.29. The van der Waals surface area contributed by atoms with Gasteiger partial charge in [-0.05, 0) is 36.4 Å². The van der Waals surface area contributed by atoms with Crippen LogP contribution in [0.5, 0.6) is 17.2 Å². The van der Waals surface area contributed by atoms with Crippen molar-refractivity contribution in [2.24, 2.45) is 0 Å². The summed E-state index contributed by atoms with van der Waals surface area (Å²) in [5.41, 5.74) is 0.415. The van der Waals surface area contributed by atoms with Crippen molar-refractivity contribution < 1.29 is 19.0 Å². The molecule has 0 spiro atoms. The Bertz CT molecular complexity index is 658. The quantitative estimate of drug-likeness (QED) is 0.790. The van der Waals surface area contributed by atoms with Gasteiger partial charge in [0.2, 0.25) is 0 Å². The van der Waals surface area contributed by atoms with Crippen molar-refractivity contribution in [1.82, 2.24) is 5.32 Å². The normalized spacial score (nSPS) is 10.0. The highest BCUT2D eigenvalue weighted by Gasteiger charge is 2.15. The molecule has 6 heteroatoms. The molecule has 2 aromatic rings. The largest absolute Gasteiger partial charge is 0.493 e. The van der Waals surface area contributed by atoms with Gasteiger partial charge >= 0.3 is 0 Å². The fraction of sp³-hybridized carbons (Fsp3) is 0.235. The number of para-hydroxylation sites is 1. The van der Waals surface area contributed by atoms with Crippen LogP contribution in [0.4, 0.5) is 0 Å². The molecule has 0 saturated heterocycles. The van der Waals surface area contributed by atoms with E-state index in [0.29, 0.717) is 41.0 Å². The number of carbonyl (C=O) groups excluding carboxylic acids is 1. The van der Waals surface area contributed by atoms with Gasteiger partial charge in [-0.2, -0.15) is 0 Å². The van der Waals surface area contributed by atoms with Gasteiger partial charge in [-0.25, -0.2) is 0 Å².